The Hall–Kier alpha value is -3.71. The Morgan fingerprint density at radius 3 is 2.50 bits per heavy atom. The van der Waals surface area contributed by atoms with Crippen LogP contribution in [0.4, 0.5) is 5.69 Å². The summed E-state index contributed by atoms with van der Waals surface area (Å²) in [6.45, 7) is -0.348. The van der Waals surface area contributed by atoms with E-state index in [9.17, 15) is 9.59 Å². The number of hydrogen-bond acceptors (Lipinski definition) is 6. The molecule has 1 heterocycles. The third kappa shape index (κ3) is 5.92. The number of rotatable bonds is 9. The van der Waals surface area contributed by atoms with E-state index >= 15 is 0 Å². The van der Waals surface area contributed by atoms with Crippen molar-refractivity contribution in [1.29, 1.82) is 0 Å². The molecule has 0 radical (unpaired) electrons. The predicted octanol–water partition coefficient (Wildman–Crippen LogP) is 5.59. The largest absolute Gasteiger partial charge is 0.456 e. The molecule has 0 saturated carbocycles. The Bertz CT molecular complexity index is 1170. The van der Waals surface area contributed by atoms with E-state index < -0.39 is 11.9 Å². The minimum atomic E-state index is -0.423. The minimum absolute atomic E-state index is 0.233. The van der Waals surface area contributed by atoms with Crippen LogP contribution < -0.4 is 10.1 Å². The van der Waals surface area contributed by atoms with E-state index in [-0.39, 0.29) is 13.0 Å². The molecule has 0 aliphatic carbocycles. The molecule has 1 aromatic heterocycles. The van der Waals surface area contributed by atoms with Gasteiger partial charge in [-0.2, -0.15) is 0 Å². The molecule has 0 saturated heterocycles. The smallest absolute Gasteiger partial charge is 0.306 e. The molecule has 1 amide bonds. The first-order valence-corrected chi connectivity index (χ1v) is 11.1. The molecule has 162 valence electrons. The summed E-state index contributed by atoms with van der Waals surface area (Å²) in [7, 11) is 0. The number of carbonyl (C=O) groups is 2. The van der Waals surface area contributed by atoms with E-state index in [2.05, 4.69) is 10.3 Å². The number of aromatic nitrogens is 1. The van der Waals surface area contributed by atoms with Gasteiger partial charge in [0.15, 0.2) is 12.4 Å². The van der Waals surface area contributed by atoms with Crippen LogP contribution in [-0.2, 0) is 20.7 Å². The molecule has 7 heteroatoms. The Labute approximate surface area is 189 Å². The molecular weight excluding hydrogens is 424 g/mol. The molecule has 0 aliphatic heterocycles. The average Bonchev–Trinajstić information content (AvgIpc) is 3.22. The standard InChI is InChI=1S/C25H22N2O4S/c28-23(26-19-11-4-6-13-21(19)31-18-9-2-1-3-10-18)17-30-25(29)16-8-15-24-27-20-12-5-7-14-22(20)32-24/h1-7,9-14H,8,15-17H2,(H,26,28). The molecule has 0 aliphatic rings. The maximum Gasteiger partial charge on any atom is 0.306 e. The fraction of sp³-hybridized carbons (Fsp3) is 0.160. The second-order valence-electron chi connectivity index (χ2n) is 7.05. The summed E-state index contributed by atoms with van der Waals surface area (Å²) in [6, 6.07) is 24.3. The Morgan fingerprint density at radius 1 is 0.906 bits per heavy atom. The topological polar surface area (TPSA) is 77.5 Å². The molecule has 1 N–H and O–H groups in total. The fourth-order valence-electron chi connectivity index (χ4n) is 3.09. The van der Waals surface area contributed by atoms with E-state index in [4.69, 9.17) is 9.47 Å². The number of thiazole rings is 1. The van der Waals surface area contributed by atoms with Gasteiger partial charge in [-0.15, -0.1) is 11.3 Å². The molecule has 0 atom stereocenters. The number of nitrogens with zero attached hydrogens (tertiary/aromatic N) is 1. The number of ether oxygens (including phenoxy) is 2. The van der Waals surface area contributed by atoms with Crippen molar-refractivity contribution in [1.82, 2.24) is 4.98 Å². The van der Waals surface area contributed by atoms with Gasteiger partial charge in [0.2, 0.25) is 0 Å². The highest BCUT2D eigenvalue weighted by Gasteiger charge is 2.12. The summed E-state index contributed by atoms with van der Waals surface area (Å²) in [5.74, 6) is 0.340. The van der Waals surface area contributed by atoms with Crippen LogP contribution in [0.5, 0.6) is 11.5 Å². The lowest BCUT2D eigenvalue weighted by Gasteiger charge is -2.12. The first-order valence-electron chi connectivity index (χ1n) is 10.3. The Kier molecular flexibility index (Phi) is 7.09. The summed E-state index contributed by atoms with van der Waals surface area (Å²) >= 11 is 1.63. The maximum absolute atomic E-state index is 12.3. The molecule has 0 unspecified atom stereocenters. The van der Waals surface area contributed by atoms with Crippen molar-refractivity contribution in [2.75, 3.05) is 11.9 Å². The third-order valence-electron chi connectivity index (χ3n) is 4.61. The van der Waals surface area contributed by atoms with Gasteiger partial charge < -0.3 is 14.8 Å². The highest BCUT2D eigenvalue weighted by Crippen LogP contribution is 2.29. The molecule has 4 aromatic rings. The zero-order chi connectivity index (χ0) is 22.2. The lowest BCUT2D eigenvalue weighted by Crippen LogP contribution is -2.21. The molecule has 32 heavy (non-hydrogen) atoms. The molecule has 0 spiro atoms. The maximum atomic E-state index is 12.3. The Morgan fingerprint density at radius 2 is 1.66 bits per heavy atom. The van der Waals surface area contributed by atoms with Gasteiger partial charge in [-0.3, -0.25) is 9.59 Å². The number of amides is 1. The second kappa shape index (κ2) is 10.5. The van der Waals surface area contributed by atoms with E-state index in [1.807, 2.05) is 60.7 Å². The highest BCUT2D eigenvalue weighted by molar-refractivity contribution is 7.18. The van der Waals surface area contributed by atoms with Gasteiger partial charge in [0, 0.05) is 6.42 Å². The van der Waals surface area contributed by atoms with Crippen molar-refractivity contribution in [3.8, 4) is 11.5 Å². The summed E-state index contributed by atoms with van der Waals surface area (Å²) in [5, 5.41) is 3.73. The number of fused-ring (bicyclic) bond motifs is 1. The van der Waals surface area contributed by atoms with Crippen LogP contribution in [0.3, 0.4) is 0 Å². The first kappa shape index (κ1) is 21.5. The second-order valence-corrected chi connectivity index (χ2v) is 8.16. The van der Waals surface area contributed by atoms with Crippen molar-refractivity contribution in [3.63, 3.8) is 0 Å². The third-order valence-corrected chi connectivity index (χ3v) is 5.70. The van der Waals surface area contributed by atoms with Crippen molar-refractivity contribution in [2.24, 2.45) is 0 Å². The SMILES string of the molecule is O=C(COC(=O)CCCc1nc2ccccc2s1)Nc1ccccc1Oc1ccccc1. The number of hydrogen-bond donors (Lipinski definition) is 1. The molecule has 3 aromatic carbocycles. The van der Waals surface area contributed by atoms with E-state index in [0.717, 1.165) is 15.2 Å². The lowest BCUT2D eigenvalue weighted by atomic mass is 10.2. The van der Waals surface area contributed by atoms with Crippen LogP contribution in [0.25, 0.3) is 10.2 Å². The van der Waals surface area contributed by atoms with Crippen LogP contribution in [0.1, 0.15) is 17.8 Å². The van der Waals surface area contributed by atoms with Gasteiger partial charge >= 0.3 is 5.97 Å². The zero-order valence-electron chi connectivity index (χ0n) is 17.3. The molecule has 0 fully saturated rings. The number of carbonyl (C=O) groups excluding carboxylic acids is 2. The van der Waals surface area contributed by atoms with E-state index in [1.165, 1.54) is 0 Å². The van der Waals surface area contributed by atoms with Gasteiger partial charge in [-0.05, 0) is 49.2 Å². The number of aryl methyl sites for hydroxylation is 1. The number of nitrogens with one attached hydrogen (secondary N) is 1. The summed E-state index contributed by atoms with van der Waals surface area (Å²) in [4.78, 5) is 28.8. The number of anilines is 1. The molecule has 6 nitrogen and oxygen atoms in total. The van der Waals surface area contributed by atoms with Crippen LogP contribution in [-0.4, -0.2) is 23.5 Å². The average molecular weight is 447 g/mol. The molecule has 4 rings (SSSR count). The number of para-hydroxylation sites is 4. The van der Waals surface area contributed by atoms with Crippen molar-refractivity contribution in [2.45, 2.75) is 19.3 Å². The monoisotopic (exact) mass is 446 g/mol. The fourth-order valence-corrected chi connectivity index (χ4v) is 4.10. The summed E-state index contributed by atoms with van der Waals surface area (Å²) in [6.07, 6.45) is 1.55. The van der Waals surface area contributed by atoms with Crippen molar-refractivity contribution >= 4 is 39.1 Å². The first-order chi connectivity index (χ1) is 15.7. The normalized spacial score (nSPS) is 10.6. The van der Waals surface area contributed by atoms with Gasteiger partial charge in [-0.1, -0.05) is 42.5 Å². The molecular formula is C25H22N2O4S. The van der Waals surface area contributed by atoms with Crippen molar-refractivity contribution in [3.05, 3.63) is 83.9 Å². The van der Waals surface area contributed by atoms with Crippen LogP contribution in [0, 0.1) is 0 Å². The lowest BCUT2D eigenvalue weighted by molar-refractivity contribution is -0.147. The summed E-state index contributed by atoms with van der Waals surface area (Å²) in [5.41, 5.74) is 1.48. The van der Waals surface area contributed by atoms with Crippen LogP contribution in [0.2, 0.25) is 0 Å². The van der Waals surface area contributed by atoms with Gasteiger partial charge in [-0.25, -0.2) is 4.98 Å². The predicted molar refractivity (Wildman–Crippen MR) is 125 cm³/mol. The highest BCUT2D eigenvalue weighted by atomic mass is 32.1. The number of benzene rings is 3. The quantitative estimate of drug-likeness (QED) is 0.339. The van der Waals surface area contributed by atoms with Gasteiger partial charge in [0.05, 0.1) is 20.9 Å². The van der Waals surface area contributed by atoms with E-state index in [0.29, 0.717) is 30.0 Å². The zero-order valence-corrected chi connectivity index (χ0v) is 18.1. The van der Waals surface area contributed by atoms with Gasteiger partial charge in [0.25, 0.3) is 5.91 Å². The van der Waals surface area contributed by atoms with Crippen molar-refractivity contribution < 1.29 is 19.1 Å². The Balaban J connectivity index is 1.22. The van der Waals surface area contributed by atoms with Gasteiger partial charge in [0.1, 0.15) is 5.75 Å². The van der Waals surface area contributed by atoms with Crippen LogP contribution >= 0.6 is 11.3 Å². The van der Waals surface area contributed by atoms with Crippen LogP contribution in [0.15, 0.2) is 78.9 Å². The molecule has 0 bridgehead atoms. The summed E-state index contributed by atoms with van der Waals surface area (Å²) < 4.78 is 12.1. The van der Waals surface area contributed by atoms with E-state index in [1.54, 1.807) is 29.5 Å². The number of esters is 1. The minimum Gasteiger partial charge on any atom is -0.456 e.